The first-order valence-electron chi connectivity index (χ1n) is 4.59. The van der Waals surface area contributed by atoms with Gasteiger partial charge in [-0.2, -0.15) is 10.2 Å². The second-order valence-corrected chi connectivity index (χ2v) is 2.80. The van der Waals surface area contributed by atoms with E-state index in [1.807, 2.05) is 19.9 Å². The first kappa shape index (κ1) is 10.7. The van der Waals surface area contributed by atoms with Crippen LogP contribution in [0.5, 0.6) is 0 Å². The van der Waals surface area contributed by atoms with E-state index in [4.69, 9.17) is 14.5 Å². The molecular formula is C9H13N3O2. The fourth-order valence-corrected chi connectivity index (χ4v) is 1.02. The summed E-state index contributed by atoms with van der Waals surface area (Å²) in [4.78, 5) is 4.11. The van der Waals surface area contributed by atoms with Gasteiger partial charge in [0.15, 0.2) is 5.82 Å². The van der Waals surface area contributed by atoms with E-state index < -0.39 is 0 Å². The molecular weight excluding hydrogens is 182 g/mol. The van der Waals surface area contributed by atoms with Crippen LogP contribution in [0.4, 0.5) is 0 Å². The lowest BCUT2D eigenvalue weighted by Gasteiger charge is -2.04. The Morgan fingerprint density at radius 3 is 3.07 bits per heavy atom. The van der Waals surface area contributed by atoms with Crippen molar-refractivity contribution in [2.24, 2.45) is 0 Å². The Morgan fingerprint density at radius 1 is 1.64 bits per heavy atom. The molecule has 5 heteroatoms. The number of hydrogen-bond donors (Lipinski definition) is 0. The summed E-state index contributed by atoms with van der Waals surface area (Å²) in [5.41, 5.74) is 0. The van der Waals surface area contributed by atoms with Crippen molar-refractivity contribution in [2.45, 2.75) is 32.8 Å². The molecule has 1 unspecified atom stereocenters. The zero-order valence-electron chi connectivity index (χ0n) is 8.36. The van der Waals surface area contributed by atoms with Crippen LogP contribution in [0.25, 0.3) is 0 Å². The van der Waals surface area contributed by atoms with E-state index >= 15 is 0 Å². The van der Waals surface area contributed by atoms with Crippen LogP contribution in [0.1, 0.15) is 38.1 Å². The van der Waals surface area contributed by atoms with E-state index in [0.29, 0.717) is 31.2 Å². The molecule has 14 heavy (non-hydrogen) atoms. The van der Waals surface area contributed by atoms with Crippen molar-refractivity contribution >= 4 is 0 Å². The van der Waals surface area contributed by atoms with Gasteiger partial charge in [0.05, 0.1) is 6.07 Å². The minimum atomic E-state index is -0.153. The maximum atomic E-state index is 8.36. The Kier molecular flexibility index (Phi) is 4.08. The fourth-order valence-electron chi connectivity index (χ4n) is 1.02. The van der Waals surface area contributed by atoms with Crippen LogP contribution < -0.4 is 0 Å². The van der Waals surface area contributed by atoms with Crippen LogP contribution in [0.3, 0.4) is 0 Å². The third kappa shape index (κ3) is 2.82. The lowest BCUT2D eigenvalue weighted by atomic mass is 10.3. The molecule has 76 valence electrons. The molecule has 0 amide bonds. The highest BCUT2D eigenvalue weighted by atomic mass is 16.5. The van der Waals surface area contributed by atoms with Gasteiger partial charge in [-0.05, 0) is 13.8 Å². The number of aromatic nitrogens is 2. The highest BCUT2D eigenvalue weighted by Gasteiger charge is 2.12. The predicted molar refractivity (Wildman–Crippen MR) is 48.3 cm³/mol. The molecule has 0 aromatic carbocycles. The predicted octanol–water partition coefficient (Wildman–Crippen LogP) is 1.62. The first-order valence-corrected chi connectivity index (χ1v) is 4.59. The molecule has 0 saturated carbocycles. The van der Waals surface area contributed by atoms with Crippen LogP contribution in [0, 0.1) is 11.3 Å². The summed E-state index contributed by atoms with van der Waals surface area (Å²) in [6, 6.07) is 2.02. The van der Waals surface area contributed by atoms with E-state index in [9.17, 15) is 0 Å². The minimum absolute atomic E-state index is 0.153. The molecule has 0 radical (unpaired) electrons. The molecule has 0 fully saturated rings. The summed E-state index contributed by atoms with van der Waals surface area (Å²) in [7, 11) is 0. The Hall–Kier alpha value is -1.41. The maximum Gasteiger partial charge on any atom is 0.227 e. The van der Waals surface area contributed by atoms with Crippen molar-refractivity contribution < 1.29 is 9.26 Å². The average Bonchev–Trinajstić information content (AvgIpc) is 2.63. The van der Waals surface area contributed by atoms with Gasteiger partial charge in [0.25, 0.3) is 0 Å². The van der Waals surface area contributed by atoms with Crippen molar-refractivity contribution in [1.29, 1.82) is 5.26 Å². The summed E-state index contributed by atoms with van der Waals surface area (Å²) in [6.45, 7) is 4.39. The Bertz CT molecular complexity index is 316. The molecule has 5 nitrogen and oxygen atoms in total. The van der Waals surface area contributed by atoms with Gasteiger partial charge >= 0.3 is 0 Å². The summed E-state index contributed by atoms with van der Waals surface area (Å²) < 4.78 is 10.2. The van der Waals surface area contributed by atoms with Gasteiger partial charge < -0.3 is 9.26 Å². The summed E-state index contributed by atoms with van der Waals surface area (Å²) in [6.07, 6.45) is 0.743. The summed E-state index contributed by atoms with van der Waals surface area (Å²) in [5.74, 6) is 1.04. The molecule has 0 bridgehead atoms. The average molecular weight is 195 g/mol. The van der Waals surface area contributed by atoms with Gasteiger partial charge in [-0.1, -0.05) is 5.16 Å². The molecule has 1 heterocycles. The molecule has 0 spiro atoms. The zero-order chi connectivity index (χ0) is 10.4. The van der Waals surface area contributed by atoms with Crippen LogP contribution in [0.2, 0.25) is 0 Å². The first-order chi connectivity index (χ1) is 6.77. The van der Waals surface area contributed by atoms with Crippen molar-refractivity contribution in [1.82, 2.24) is 10.1 Å². The molecule has 0 N–H and O–H groups in total. The third-order valence-electron chi connectivity index (χ3n) is 1.71. The highest BCUT2D eigenvalue weighted by molar-refractivity contribution is 4.91. The van der Waals surface area contributed by atoms with E-state index in [1.165, 1.54) is 0 Å². The van der Waals surface area contributed by atoms with E-state index in [-0.39, 0.29) is 6.10 Å². The van der Waals surface area contributed by atoms with Crippen molar-refractivity contribution in [3.05, 3.63) is 11.7 Å². The molecule has 1 aromatic heterocycles. The number of nitriles is 1. The Labute approximate surface area is 82.7 Å². The summed E-state index contributed by atoms with van der Waals surface area (Å²) >= 11 is 0. The van der Waals surface area contributed by atoms with Crippen LogP contribution in [0.15, 0.2) is 4.52 Å². The van der Waals surface area contributed by atoms with Gasteiger partial charge in [-0.25, -0.2) is 0 Å². The molecule has 1 rings (SSSR count). The molecule has 0 aliphatic carbocycles. The number of hydrogen-bond acceptors (Lipinski definition) is 5. The Balaban J connectivity index is 2.54. The van der Waals surface area contributed by atoms with E-state index in [0.717, 1.165) is 0 Å². The summed E-state index contributed by atoms with van der Waals surface area (Å²) in [5, 5.41) is 12.1. The number of nitrogens with zero attached hydrogens (tertiary/aromatic N) is 3. The smallest absolute Gasteiger partial charge is 0.227 e. The number of rotatable bonds is 5. The maximum absolute atomic E-state index is 8.36. The highest BCUT2D eigenvalue weighted by Crippen LogP contribution is 2.13. The van der Waals surface area contributed by atoms with Crippen molar-refractivity contribution in [3.8, 4) is 6.07 Å². The van der Waals surface area contributed by atoms with Crippen LogP contribution >= 0.6 is 0 Å². The SMILES string of the molecule is CCOC(C)c1noc(CCC#N)n1. The van der Waals surface area contributed by atoms with Gasteiger partial charge in [0, 0.05) is 19.4 Å². The van der Waals surface area contributed by atoms with E-state index in [2.05, 4.69) is 10.1 Å². The largest absolute Gasteiger partial charge is 0.371 e. The molecule has 0 saturated heterocycles. The van der Waals surface area contributed by atoms with Gasteiger partial charge in [-0.3, -0.25) is 0 Å². The van der Waals surface area contributed by atoms with E-state index in [1.54, 1.807) is 0 Å². The molecule has 0 aliphatic rings. The molecule has 1 aromatic rings. The Morgan fingerprint density at radius 2 is 2.43 bits per heavy atom. The number of aryl methyl sites for hydroxylation is 1. The van der Waals surface area contributed by atoms with Gasteiger partial charge in [0.1, 0.15) is 6.10 Å². The molecule has 1 atom stereocenters. The van der Waals surface area contributed by atoms with Crippen LogP contribution in [-0.2, 0) is 11.2 Å². The monoisotopic (exact) mass is 195 g/mol. The lowest BCUT2D eigenvalue weighted by Crippen LogP contribution is -2.01. The fraction of sp³-hybridized carbons (Fsp3) is 0.667. The van der Waals surface area contributed by atoms with Crippen molar-refractivity contribution in [2.75, 3.05) is 6.61 Å². The third-order valence-corrected chi connectivity index (χ3v) is 1.71. The second-order valence-electron chi connectivity index (χ2n) is 2.80. The van der Waals surface area contributed by atoms with Gasteiger partial charge in [-0.15, -0.1) is 0 Å². The van der Waals surface area contributed by atoms with Crippen molar-refractivity contribution in [3.63, 3.8) is 0 Å². The number of ether oxygens (including phenoxy) is 1. The quantitative estimate of drug-likeness (QED) is 0.713. The normalized spacial score (nSPS) is 12.4. The minimum Gasteiger partial charge on any atom is -0.371 e. The topological polar surface area (TPSA) is 71.9 Å². The lowest BCUT2D eigenvalue weighted by molar-refractivity contribution is 0.0683. The molecule has 0 aliphatic heterocycles. The zero-order valence-corrected chi connectivity index (χ0v) is 8.36. The van der Waals surface area contributed by atoms with Crippen LogP contribution in [-0.4, -0.2) is 16.7 Å². The second kappa shape index (κ2) is 5.35. The standard InChI is InChI=1S/C9H13N3O2/c1-3-13-7(2)9-11-8(14-12-9)5-4-6-10/h7H,3-5H2,1-2H3. The van der Waals surface area contributed by atoms with Gasteiger partial charge in [0.2, 0.25) is 5.89 Å².